The number of thiophene rings is 1. The molecule has 0 fully saturated rings. The monoisotopic (exact) mass is 305 g/mol. The molecule has 0 aromatic carbocycles. The van der Waals surface area contributed by atoms with Crippen molar-refractivity contribution in [3.8, 4) is 10.8 Å². The van der Waals surface area contributed by atoms with E-state index in [4.69, 9.17) is 9.63 Å². The summed E-state index contributed by atoms with van der Waals surface area (Å²) >= 11 is 1.50. The van der Waals surface area contributed by atoms with Crippen LogP contribution < -0.4 is 0 Å². The Kier molecular flexibility index (Phi) is 3.48. The number of carboxylic acid groups (broad SMARTS) is 1. The van der Waals surface area contributed by atoms with Crippen molar-refractivity contribution in [1.29, 1.82) is 0 Å². The van der Waals surface area contributed by atoms with E-state index in [0.717, 1.165) is 4.88 Å². The van der Waals surface area contributed by atoms with Gasteiger partial charge in [-0.25, -0.2) is 9.48 Å². The van der Waals surface area contributed by atoms with Gasteiger partial charge in [0, 0.05) is 0 Å². The molecule has 8 nitrogen and oxygen atoms in total. The van der Waals surface area contributed by atoms with Gasteiger partial charge >= 0.3 is 5.97 Å². The summed E-state index contributed by atoms with van der Waals surface area (Å²) in [6, 6.07) is 3.78. The molecule has 21 heavy (non-hydrogen) atoms. The highest BCUT2D eigenvalue weighted by Gasteiger charge is 2.19. The quantitative estimate of drug-likeness (QED) is 0.764. The minimum absolute atomic E-state index is 0.0422. The molecule has 0 aliphatic heterocycles. The predicted octanol–water partition coefficient (Wildman–Crippen LogP) is 1.70. The summed E-state index contributed by atoms with van der Waals surface area (Å²) in [5, 5.41) is 22.4. The van der Waals surface area contributed by atoms with Gasteiger partial charge in [-0.2, -0.15) is 4.98 Å². The molecule has 0 unspecified atom stereocenters. The number of aromatic carboxylic acids is 1. The molecule has 0 saturated carbocycles. The molecule has 3 heterocycles. The molecular weight excluding hydrogens is 294 g/mol. The van der Waals surface area contributed by atoms with Crippen molar-refractivity contribution in [3.63, 3.8) is 0 Å². The molecule has 3 aromatic heterocycles. The van der Waals surface area contributed by atoms with Gasteiger partial charge in [0.15, 0.2) is 11.5 Å². The molecule has 0 amide bonds. The minimum Gasteiger partial charge on any atom is -0.476 e. The van der Waals surface area contributed by atoms with Crippen molar-refractivity contribution in [3.05, 3.63) is 34.7 Å². The van der Waals surface area contributed by atoms with Gasteiger partial charge in [-0.3, -0.25) is 0 Å². The molecular formula is C12H11N5O3S. The molecule has 9 heteroatoms. The molecule has 1 N–H and O–H groups in total. The van der Waals surface area contributed by atoms with Gasteiger partial charge in [0.05, 0.1) is 10.6 Å². The Labute approximate surface area is 123 Å². The first-order valence-electron chi connectivity index (χ1n) is 6.21. The third-order valence-corrected chi connectivity index (χ3v) is 3.72. The highest BCUT2D eigenvalue weighted by Crippen LogP contribution is 2.22. The van der Waals surface area contributed by atoms with E-state index in [0.29, 0.717) is 23.8 Å². The van der Waals surface area contributed by atoms with Gasteiger partial charge < -0.3 is 9.63 Å². The van der Waals surface area contributed by atoms with Gasteiger partial charge in [0.25, 0.3) is 5.89 Å². The van der Waals surface area contributed by atoms with E-state index in [1.54, 1.807) is 0 Å². The molecule has 108 valence electrons. The number of aromatic nitrogens is 5. The smallest absolute Gasteiger partial charge is 0.358 e. The van der Waals surface area contributed by atoms with Crippen LogP contribution in [-0.2, 0) is 13.0 Å². The largest absolute Gasteiger partial charge is 0.476 e. The summed E-state index contributed by atoms with van der Waals surface area (Å²) in [5.74, 6) is -0.225. The molecule has 0 saturated heterocycles. The van der Waals surface area contributed by atoms with Crippen LogP contribution in [0.4, 0.5) is 0 Å². The van der Waals surface area contributed by atoms with E-state index in [2.05, 4.69) is 20.5 Å². The van der Waals surface area contributed by atoms with E-state index >= 15 is 0 Å². The van der Waals surface area contributed by atoms with Gasteiger partial charge in [0.2, 0.25) is 0 Å². The zero-order chi connectivity index (χ0) is 14.8. The summed E-state index contributed by atoms with van der Waals surface area (Å²) in [6.45, 7) is 2.06. The highest BCUT2D eigenvalue weighted by molar-refractivity contribution is 7.13. The first-order valence-corrected chi connectivity index (χ1v) is 7.09. The maximum Gasteiger partial charge on any atom is 0.358 e. The van der Waals surface area contributed by atoms with Gasteiger partial charge in [0.1, 0.15) is 6.54 Å². The number of carbonyl (C=O) groups is 1. The molecule has 0 bridgehead atoms. The fraction of sp³-hybridized carbons (Fsp3) is 0.250. The number of rotatable bonds is 5. The third-order valence-electron chi connectivity index (χ3n) is 2.87. The lowest BCUT2D eigenvalue weighted by molar-refractivity contribution is 0.0689. The lowest BCUT2D eigenvalue weighted by Gasteiger charge is -2.00. The SMILES string of the molecule is CCc1c(C(=O)O)nnn1Cc1noc(-c2cccs2)n1. The van der Waals surface area contributed by atoms with Gasteiger partial charge in [-0.1, -0.05) is 23.4 Å². The van der Waals surface area contributed by atoms with Crippen molar-refractivity contribution in [1.82, 2.24) is 25.1 Å². The number of carboxylic acids is 1. The first kappa shape index (κ1) is 13.4. The topological polar surface area (TPSA) is 107 Å². The second kappa shape index (κ2) is 5.44. The highest BCUT2D eigenvalue weighted by atomic mass is 32.1. The van der Waals surface area contributed by atoms with Crippen molar-refractivity contribution < 1.29 is 14.4 Å². The van der Waals surface area contributed by atoms with E-state index in [1.165, 1.54) is 16.0 Å². The van der Waals surface area contributed by atoms with Crippen LogP contribution >= 0.6 is 11.3 Å². The Morgan fingerprint density at radius 1 is 1.52 bits per heavy atom. The zero-order valence-corrected chi connectivity index (χ0v) is 11.9. The second-order valence-electron chi connectivity index (χ2n) is 4.19. The maximum atomic E-state index is 11.0. The Hall–Kier alpha value is -2.55. The maximum absolute atomic E-state index is 11.0. The third kappa shape index (κ3) is 2.55. The Bertz CT molecular complexity index is 762. The molecule has 0 aliphatic rings. The lowest BCUT2D eigenvalue weighted by Crippen LogP contribution is -2.09. The molecule has 3 rings (SSSR count). The van der Waals surface area contributed by atoms with Crippen LogP contribution in [0.1, 0.15) is 28.9 Å². The fourth-order valence-corrected chi connectivity index (χ4v) is 2.57. The van der Waals surface area contributed by atoms with E-state index < -0.39 is 5.97 Å². The summed E-state index contributed by atoms with van der Waals surface area (Å²) < 4.78 is 6.66. The van der Waals surface area contributed by atoms with E-state index in [-0.39, 0.29) is 12.2 Å². The van der Waals surface area contributed by atoms with Crippen molar-refractivity contribution in [2.75, 3.05) is 0 Å². The molecule has 0 spiro atoms. The normalized spacial score (nSPS) is 10.9. The van der Waals surface area contributed by atoms with Crippen LogP contribution in [0.25, 0.3) is 10.8 Å². The van der Waals surface area contributed by atoms with Crippen molar-refractivity contribution >= 4 is 17.3 Å². The molecule has 0 atom stereocenters. The van der Waals surface area contributed by atoms with Crippen LogP contribution in [0.5, 0.6) is 0 Å². The number of hydrogen-bond acceptors (Lipinski definition) is 7. The van der Waals surface area contributed by atoms with Crippen LogP contribution in [0.2, 0.25) is 0 Å². The average Bonchev–Trinajstić information content (AvgIpc) is 3.18. The zero-order valence-electron chi connectivity index (χ0n) is 11.1. The number of hydrogen-bond donors (Lipinski definition) is 1. The summed E-state index contributed by atoms with van der Waals surface area (Å²) in [4.78, 5) is 16.2. The Morgan fingerprint density at radius 3 is 3.05 bits per heavy atom. The molecule has 0 aliphatic carbocycles. The number of nitrogens with zero attached hydrogens (tertiary/aromatic N) is 5. The Balaban J connectivity index is 1.86. The second-order valence-corrected chi connectivity index (χ2v) is 5.14. The predicted molar refractivity (Wildman–Crippen MR) is 73.1 cm³/mol. The van der Waals surface area contributed by atoms with Crippen LogP contribution in [-0.4, -0.2) is 36.2 Å². The van der Waals surface area contributed by atoms with Crippen molar-refractivity contribution in [2.24, 2.45) is 0 Å². The van der Waals surface area contributed by atoms with E-state index in [9.17, 15) is 4.79 Å². The standard InChI is InChI=1S/C12H11N5O3S/c1-2-7-10(12(18)19)14-16-17(7)6-9-13-11(20-15-9)8-4-3-5-21-8/h3-5H,2,6H2,1H3,(H,18,19). The van der Waals surface area contributed by atoms with Gasteiger partial charge in [-0.15, -0.1) is 16.4 Å². The van der Waals surface area contributed by atoms with Crippen LogP contribution in [0.3, 0.4) is 0 Å². The van der Waals surface area contributed by atoms with E-state index in [1.807, 2.05) is 24.4 Å². The van der Waals surface area contributed by atoms with Crippen molar-refractivity contribution in [2.45, 2.75) is 19.9 Å². The van der Waals surface area contributed by atoms with Crippen LogP contribution in [0, 0.1) is 0 Å². The average molecular weight is 305 g/mol. The summed E-state index contributed by atoms with van der Waals surface area (Å²) in [5.41, 5.74) is 0.490. The van der Waals surface area contributed by atoms with Crippen LogP contribution in [0.15, 0.2) is 22.0 Å². The summed E-state index contributed by atoms with van der Waals surface area (Å²) in [6.07, 6.45) is 0.504. The minimum atomic E-state index is -1.09. The first-order chi connectivity index (χ1) is 10.2. The fourth-order valence-electron chi connectivity index (χ4n) is 1.93. The lowest BCUT2D eigenvalue weighted by atomic mass is 10.2. The summed E-state index contributed by atoms with van der Waals surface area (Å²) in [7, 11) is 0. The molecule has 0 radical (unpaired) electrons. The molecule has 3 aromatic rings. The van der Waals surface area contributed by atoms with Gasteiger partial charge in [-0.05, 0) is 17.9 Å². The Morgan fingerprint density at radius 2 is 2.38 bits per heavy atom.